The molecular weight excluding hydrogens is 270 g/mol. The largest absolute Gasteiger partial charge is 0.459 e. The van der Waals surface area contributed by atoms with E-state index in [0.29, 0.717) is 11.4 Å². The molecule has 0 bridgehead atoms. The Kier molecular flexibility index (Phi) is 4.36. The SMILES string of the molecule is Cc1cc(NC(=O)CC#N)ccc1NC(=O)c1ccco1. The number of rotatable bonds is 4. The van der Waals surface area contributed by atoms with Gasteiger partial charge in [0.2, 0.25) is 5.91 Å². The van der Waals surface area contributed by atoms with Crippen molar-refractivity contribution in [1.82, 2.24) is 0 Å². The van der Waals surface area contributed by atoms with E-state index in [4.69, 9.17) is 9.68 Å². The highest BCUT2D eigenvalue weighted by Gasteiger charge is 2.10. The first-order chi connectivity index (χ1) is 10.1. The van der Waals surface area contributed by atoms with Crippen LogP contribution in [0.3, 0.4) is 0 Å². The van der Waals surface area contributed by atoms with Gasteiger partial charge < -0.3 is 15.1 Å². The Labute approximate surface area is 121 Å². The molecule has 0 atom stereocenters. The van der Waals surface area contributed by atoms with Crippen molar-refractivity contribution in [3.63, 3.8) is 0 Å². The summed E-state index contributed by atoms with van der Waals surface area (Å²) in [6.07, 6.45) is 1.23. The van der Waals surface area contributed by atoms with Crippen molar-refractivity contribution < 1.29 is 14.0 Å². The molecule has 0 fully saturated rings. The number of nitriles is 1. The summed E-state index contributed by atoms with van der Waals surface area (Å²) in [5, 5.41) is 13.8. The Morgan fingerprint density at radius 3 is 2.71 bits per heavy atom. The molecule has 6 heteroatoms. The highest BCUT2D eigenvalue weighted by molar-refractivity contribution is 6.03. The normalized spacial score (nSPS) is 9.71. The molecule has 21 heavy (non-hydrogen) atoms. The molecule has 0 saturated carbocycles. The number of benzene rings is 1. The highest BCUT2D eigenvalue weighted by Crippen LogP contribution is 2.20. The van der Waals surface area contributed by atoms with Gasteiger partial charge in [-0.25, -0.2) is 0 Å². The van der Waals surface area contributed by atoms with Gasteiger partial charge in [-0.1, -0.05) is 0 Å². The minimum absolute atomic E-state index is 0.198. The van der Waals surface area contributed by atoms with Gasteiger partial charge >= 0.3 is 0 Å². The molecule has 2 aromatic rings. The zero-order valence-electron chi connectivity index (χ0n) is 11.3. The van der Waals surface area contributed by atoms with Crippen LogP contribution in [0, 0.1) is 18.3 Å². The number of hydrogen-bond donors (Lipinski definition) is 2. The maximum absolute atomic E-state index is 11.9. The Hall–Kier alpha value is -3.07. The fraction of sp³-hybridized carbons (Fsp3) is 0.133. The van der Waals surface area contributed by atoms with Crippen LogP contribution >= 0.6 is 0 Å². The number of anilines is 2. The number of amides is 2. The van der Waals surface area contributed by atoms with Gasteiger partial charge in [0.1, 0.15) is 6.42 Å². The first kappa shape index (κ1) is 14.3. The minimum atomic E-state index is -0.371. The second-order valence-corrected chi connectivity index (χ2v) is 4.34. The van der Waals surface area contributed by atoms with Crippen LogP contribution in [0.2, 0.25) is 0 Å². The second-order valence-electron chi connectivity index (χ2n) is 4.34. The third-order valence-electron chi connectivity index (χ3n) is 2.74. The van der Waals surface area contributed by atoms with Crippen LogP contribution in [0.25, 0.3) is 0 Å². The van der Waals surface area contributed by atoms with Gasteiger partial charge in [-0.3, -0.25) is 9.59 Å². The van der Waals surface area contributed by atoms with Gasteiger partial charge in [-0.15, -0.1) is 0 Å². The summed E-state index contributed by atoms with van der Waals surface area (Å²) >= 11 is 0. The van der Waals surface area contributed by atoms with Gasteiger partial charge in [0.25, 0.3) is 5.91 Å². The van der Waals surface area contributed by atoms with E-state index in [1.165, 1.54) is 6.26 Å². The lowest BCUT2D eigenvalue weighted by atomic mass is 10.1. The van der Waals surface area contributed by atoms with E-state index in [-0.39, 0.29) is 24.0 Å². The molecule has 1 heterocycles. The number of nitrogens with one attached hydrogen (secondary N) is 2. The van der Waals surface area contributed by atoms with Crippen molar-refractivity contribution in [3.8, 4) is 6.07 Å². The molecule has 2 amide bonds. The number of carbonyl (C=O) groups is 2. The van der Waals surface area contributed by atoms with Crippen LogP contribution in [-0.2, 0) is 4.79 Å². The lowest BCUT2D eigenvalue weighted by Crippen LogP contribution is -2.13. The topological polar surface area (TPSA) is 95.1 Å². The van der Waals surface area contributed by atoms with E-state index in [1.54, 1.807) is 43.3 Å². The lowest BCUT2D eigenvalue weighted by Gasteiger charge is -2.10. The quantitative estimate of drug-likeness (QED) is 0.901. The average molecular weight is 283 g/mol. The molecule has 0 aliphatic rings. The van der Waals surface area contributed by atoms with Crippen molar-refractivity contribution >= 4 is 23.2 Å². The molecule has 0 spiro atoms. The van der Waals surface area contributed by atoms with Crippen molar-refractivity contribution in [1.29, 1.82) is 5.26 Å². The van der Waals surface area contributed by atoms with Gasteiger partial charge in [0.15, 0.2) is 5.76 Å². The van der Waals surface area contributed by atoms with Gasteiger partial charge in [0.05, 0.1) is 12.3 Å². The van der Waals surface area contributed by atoms with Crippen LogP contribution in [-0.4, -0.2) is 11.8 Å². The predicted molar refractivity (Wildman–Crippen MR) is 76.7 cm³/mol. The van der Waals surface area contributed by atoms with E-state index < -0.39 is 0 Å². The zero-order valence-corrected chi connectivity index (χ0v) is 11.3. The maximum atomic E-state index is 11.9. The second kappa shape index (κ2) is 6.39. The summed E-state index contributed by atoms with van der Waals surface area (Å²) in [6, 6.07) is 10.0. The Bertz CT molecular complexity index is 699. The third kappa shape index (κ3) is 3.70. The molecule has 6 nitrogen and oxygen atoms in total. The lowest BCUT2D eigenvalue weighted by molar-refractivity contribution is -0.115. The van der Waals surface area contributed by atoms with E-state index in [0.717, 1.165) is 5.56 Å². The van der Waals surface area contributed by atoms with Crippen molar-refractivity contribution in [3.05, 3.63) is 47.9 Å². The molecule has 0 unspecified atom stereocenters. The Morgan fingerprint density at radius 2 is 2.10 bits per heavy atom. The van der Waals surface area contributed by atoms with E-state index in [9.17, 15) is 9.59 Å². The number of aryl methyl sites for hydroxylation is 1. The van der Waals surface area contributed by atoms with Crippen molar-refractivity contribution in [2.75, 3.05) is 10.6 Å². The smallest absolute Gasteiger partial charge is 0.291 e. The first-order valence-corrected chi connectivity index (χ1v) is 6.22. The summed E-state index contributed by atoms with van der Waals surface area (Å²) in [7, 11) is 0. The molecule has 0 saturated heterocycles. The number of nitrogens with zero attached hydrogens (tertiary/aromatic N) is 1. The summed E-state index contributed by atoms with van der Waals surface area (Å²) in [4.78, 5) is 23.2. The van der Waals surface area contributed by atoms with Gasteiger partial charge in [-0.2, -0.15) is 5.26 Å². The molecular formula is C15H13N3O3. The average Bonchev–Trinajstić information content (AvgIpc) is 2.96. The molecule has 1 aromatic heterocycles. The van der Waals surface area contributed by atoms with E-state index in [2.05, 4.69) is 10.6 Å². The van der Waals surface area contributed by atoms with Crippen molar-refractivity contribution in [2.45, 2.75) is 13.3 Å². The highest BCUT2D eigenvalue weighted by atomic mass is 16.3. The summed E-state index contributed by atoms with van der Waals surface area (Å²) in [6.45, 7) is 1.80. The van der Waals surface area contributed by atoms with E-state index >= 15 is 0 Å². The molecule has 106 valence electrons. The maximum Gasteiger partial charge on any atom is 0.291 e. The van der Waals surface area contributed by atoms with Crippen LogP contribution in [0.4, 0.5) is 11.4 Å². The van der Waals surface area contributed by atoms with Crippen LogP contribution in [0.15, 0.2) is 41.0 Å². The number of furan rings is 1. The fourth-order valence-electron chi connectivity index (χ4n) is 1.75. The number of carbonyl (C=O) groups excluding carboxylic acids is 2. The van der Waals surface area contributed by atoms with E-state index in [1.807, 2.05) is 0 Å². The molecule has 0 aliphatic heterocycles. The predicted octanol–water partition coefficient (Wildman–Crippen LogP) is 2.69. The summed E-state index contributed by atoms with van der Waals surface area (Å²) in [5.41, 5.74) is 1.98. The van der Waals surface area contributed by atoms with Crippen LogP contribution in [0.1, 0.15) is 22.5 Å². The fourth-order valence-corrected chi connectivity index (χ4v) is 1.75. The van der Waals surface area contributed by atoms with Gasteiger partial charge in [-0.05, 0) is 42.8 Å². The summed E-state index contributed by atoms with van der Waals surface area (Å²) in [5.74, 6) is -0.491. The number of hydrogen-bond acceptors (Lipinski definition) is 4. The zero-order chi connectivity index (χ0) is 15.2. The van der Waals surface area contributed by atoms with Crippen molar-refractivity contribution in [2.24, 2.45) is 0 Å². The monoisotopic (exact) mass is 283 g/mol. The van der Waals surface area contributed by atoms with Crippen LogP contribution in [0.5, 0.6) is 0 Å². The minimum Gasteiger partial charge on any atom is -0.459 e. The molecule has 1 aromatic carbocycles. The van der Waals surface area contributed by atoms with Gasteiger partial charge in [0, 0.05) is 11.4 Å². The first-order valence-electron chi connectivity index (χ1n) is 6.22. The molecule has 2 rings (SSSR count). The van der Waals surface area contributed by atoms with Crippen LogP contribution < -0.4 is 10.6 Å². The molecule has 0 radical (unpaired) electrons. The standard InChI is InChI=1S/C15H13N3O3/c1-10-9-11(17-14(19)6-7-16)4-5-12(10)18-15(20)13-3-2-8-21-13/h2-5,8-9H,6H2,1H3,(H,17,19)(H,18,20). The Morgan fingerprint density at radius 1 is 1.29 bits per heavy atom. The molecule has 2 N–H and O–H groups in total. The Balaban J connectivity index is 2.07. The summed E-state index contributed by atoms with van der Waals surface area (Å²) < 4.78 is 5.01. The molecule has 0 aliphatic carbocycles. The third-order valence-corrected chi connectivity index (χ3v) is 2.74.